The van der Waals surface area contributed by atoms with E-state index >= 15 is 0 Å². The lowest BCUT2D eigenvalue weighted by molar-refractivity contribution is 0.495. The van der Waals surface area contributed by atoms with Gasteiger partial charge in [-0.2, -0.15) is 0 Å². The molecular weight excluding hydrogens is 222 g/mol. The highest BCUT2D eigenvalue weighted by atomic mass is 15.1. The molecule has 0 fully saturated rings. The molecule has 3 nitrogen and oxygen atoms in total. The van der Waals surface area contributed by atoms with Crippen molar-refractivity contribution in [3.63, 3.8) is 0 Å². The molecule has 1 atom stereocenters. The Hall–Kier alpha value is -1.61. The maximum absolute atomic E-state index is 4.50. The maximum atomic E-state index is 4.50. The zero-order valence-electron chi connectivity index (χ0n) is 11.1. The van der Waals surface area contributed by atoms with Crippen molar-refractivity contribution >= 4 is 0 Å². The van der Waals surface area contributed by atoms with E-state index in [9.17, 15) is 0 Å². The Morgan fingerprint density at radius 2 is 2.00 bits per heavy atom. The van der Waals surface area contributed by atoms with E-state index in [0.717, 1.165) is 25.3 Å². The van der Waals surface area contributed by atoms with Gasteiger partial charge in [0.1, 0.15) is 5.82 Å². The van der Waals surface area contributed by atoms with Gasteiger partial charge in [0.15, 0.2) is 0 Å². The van der Waals surface area contributed by atoms with Crippen molar-refractivity contribution in [2.75, 3.05) is 6.54 Å². The third-order valence-corrected chi connectivity index (χ3v) is 3.13. The number of rotatable bonds is 6. The van der Waals surface area contributed by atoms with Gasteiger partial charge in [-0.1, -0.05) is 37.3 Å². The van der Waals surface area contributed by atoms with E-state index in [1.807, 2.05) is 12.4 Å². The highest BCUT2D eigenvalue weighted by Gasteiger charge is 2.15. The van der Waals surface area contributed by atoms with Gasteiger partial charge in [-0.15, -0.1) is 0 Å². The second kappa shape index (κ2) is 6.36. The molecule has 1 aromatic carbocycles. The molecule has 3 heteroatoms. The molecule has 0 aliphatic carbocycles. The predicted molar refractivity (Wildman–Crippen MR) is 74.5 cm³/mol. The molecule has 2 rings (SSSR count). The van der Waals surface area contributed by atoms with Gasteiger partial charge in [-0.3, -0.25) is 0 Å². The maximum Gasteiger partial charge on any atom is 0.126 e. The van der Waals surface area contributed by atoms with Crippen LogP contribution in [0.5, 0.6) is 0 Å². The van der Waals surface area contributed by atoms with E-state index in [1.54, 1.807) is 0 Å². The molecule has 0 bridgehead atoms. The van der Waals surface area contributed by atoms with Crippen LogP contribution in [0.4, 0.5) is 0 Å². The Morgan fingerprint density at radius 3 is 2.67 bits per heavy atom. The number of imidazole rings is 1. The fourth-order valence-corrected chi connectivity index (χ4v) is 2.25. The van der Waals surface area contributed by atoms with Crippen molar-refractivity contribution < 1.29 is 0 Å². The van der Waals surface area contributed by atoms with Crippen LogP contribution < -0.4 is 5.32 Å². The zero-order valence-corrected chi connectivity index (χ0v) is 11.1. The lowest BCUT2D eigenvalue weighted by Crippen LogP contribution is -2.26. The van der Waals surface area contributed by atoms with Gasteiger partial charge < -0.3 is 9.88 Å². The zero-order chi connectivity index (χ0) is 12.8. The van der Waals surface area contributed by atoms with Gasteiger partial charge in [0.05, 0.1) is 6.04 Å². The topological polar surface area (TPSA) is 29.9 Å². The molecule has 1 aromatic heterocycles. The molecule has 0 spiro atoms. The van der Waals surface area contributed by atoms with Crippen LogP contribution in [0.1, 0.15) is 31.3 Å². The number of nitrogens with zero attached hydrogens (tertiary/aromatic N) is 2. The smallest absolute Gasteiger partial charge is 0.126 e. The molecule has 0 saturated heterocycles. The number of aromatic nitrogens is 2. The minimum absolute atomic E-state index is 0.285. The second-order valence-corrected chi connectivity index (χ2v) is 4.37. The molecular formula is C15H21N3. The number of hydrogen-bond donors (Lipinski definition) is 1. The fourth-order valence-electron chi connectivity index (χ4n) is 2.25. The lowest BCUT2D eigenvalue weighted by Gasteiger charge is -2.18. The van der Waals surface area contributed by atoms with Crippen molar-refractivity contribution in [3.8, 4) is 0 Å². The Balaban J connectivity index is 2.18. The second-order valence-electron chi connectivity index (χ2n) is 4.37. The summed E-state index contributed by atoms with van der Waals surface area (Å²) in [6, 6.07) is 10.9. The van der Waals surface area contributed by atoms with E-state index in [4.69, 9.17) is 0 Å². The summed E-state index contributed by atoms with van der Waals surface area (Å²) < 4.78 is 2.20. The van der Waals surface area contributed by atoms with E-state index < -0.39 is 0 Å². The Kier molecular flexibility index (Phi) is 4.53. The number of aryl methyl sites for hydroxylation is 1. The average Bonchev–Trinajstić information content (AvgIpc) is 2.87. The fraction of sp³-hybridized carbons (Fsp3) is 0.400. The van der Waals surface area contributed by atoms with E-state index in [0.29, 0.717) is 0 Å². The quantitative estimate of drug-likeness (QED) is 0.845. The summed E-state index contributed by atoms with van der Waals surface area (Å²) in [6.07, 6.45) is 4.91. The molecule has 0 radical (unpaired) electrons. The van der Waals surface area contributed by atoms with Crippen LogP contribution >= 0.6 is 0 Å². The number of benzene rings is 1. The minimum Gasteiger partial charge on any atom is -0.334 e. The van der Waals surface area contributed by atoms with Gasteiger partial charge in [0.2, 0.25) is 0 Å². The van der Waals surface area contributed by atoms with Crippen LogP contribution in [0.25, 0.3) is 0 Å². The summed E-state index contributed by atoms with van der Waals surface area (Å²) in [5.41, 5.74) is 1.34. The van der Waals surface area contributed by atoms with Gasteiger partial charge >= 0.3 is 0 Å². The molecule has 2 aromatic rings. The summed E-state index contributed by atoms with van der Waals surface area (Å²) in [6.45, 7) is 6.20. The molecule has 0 aliphatic rings. The average molecular weight is 243 g/mol. The SMILES string of the molecule is CCNC(Cc1ccccc1)c1nccn1CC. The van der Waals surface area contributed by atoms with Crippen molar-refractivity contribution in [1.29, 1.82) is 0 Å². The molecule has 0 saturated carbocycles. The Morgan fingerprint density at radius 1 is 1.22 bits per heavy atom. The van der Waals surface area contributed by atoms with E-state index in [-0.39, 0.29) is 6.04 Å². The summed E-state index contributed by atoms with van der Waals surface area (Å²) in [5, 5.41) is 3.52. The third kappa shape index (κ3) is 2.99. The number of nitrogens with one attached hydrogen (secondary N) is 1. The van der Waals surface area contributed by atoms with Crippen molar-refractivity contribution in [3.05, 3.63) is 54.1 Å². The van der Waals surface area contributed by atoms with Crippen LogP contribution in [0.2, 0.25) is 0 Å². The molecule has 1 unspecified atom stereocenters. The molecule has 96 valence electrons. The number of likely N-dealkylation sites (N-methyl/N-ethyl adjacent to an activating group) is 1. The first-order valence-corrected chi connectivity index (χ1v) is 6.63. The van der Waals surface area contributed by atoms with E-state index in [2.05, 4.69) is 59.0 Å². The first-order chi connectivity index (χ1) is 8.85. The molecule has 1 heterocycles. The van der Waals surface area contributed by atoms with E-state index in [1.165, 1.54) is 5.56 Å². The molecule has 0 amide bonds. The van der Waals surface area contributed by atoms with Crippen LogP contribution in [0.15, 0.2) is 42.7 Å². The van der Waals surface area contributed by atoms with Crippen molar-refractivity contribution in [2.24, 2.45) is 0 Å². The Labute approximate surface area is 109 Å². The van der Waals surface area contributed by atoms with Crippen LogP contribution in [-0.4, -0.2) is 16.1 Å². The molecule has 1 N–H and O–H groups in total. The van der Waals surface area contributed by atoms with Crippen molar-refractivity contribution in [2.45, 2.75) is 32.9 Å². The van der Waals surface area contributed by atoms with Crippen LogP contribution in [0.3, 0.4) is 0 Å². The summed E-state index contributed by atoms with van der Waals surface area (Å²) in [5.74, 6) is 1.13. The largest absolute Gasteiger partial charge is 0.334 e. The molecule has 18 heavy (non-hydrogen) atoms. The van der Waals surface area contributed by atoms with Crippen LogP contribution in [0, 0.1) is 0 Å². The normalized spacial score (nSPS) is 12.6. The summed E-state index contributed by atoms with van der Waals surface area (Å²) in [7, 11) is 0. The van der Waals surface area contributed by atoms with Gasteiger partial charge in [0, 0.05) is 18.9 Å². The van der Waals surface area contributed by atoms with Gasteiger partial charge in [0.25, 0.3) is 0 Å². The minimum atomic E-state index is 0.285. The van der Waals surface area contributed by atoms with Crippen molar-refractivity contribution in [1.82, 2.24) is 14.9 Å². The predicted octanol–water partition coefficient (Wildman–Crippen LogP) is 2.80. The highest BCUT2D eigenvalue weighted by Crippen LogP contribution is 2.17. The first-order valence-electron chi connectivity index (χ1n) is 6.63. The summed E-state index contributed by atoms with van der Waals surface area (Å²) >= 11 is 0. The lowest BCUT2D eigenvalue weighted by atomic mass is 10.1. The highest BCUT2D eigenvalue weighted by molar-refractivity contribution is 5.17. The molecule has 0 aliphatic heterocycles. The number of hydrogen-bond acceptors (Lipinski definition) is 2. The monoisotopic (exact) mass is 243 g/mol. The summed E-state index contributed by atoms with van der Waals surface area (Å²) in [4.78, 5) is 4.50. The standard InChI is InChI=1S/C15H21N3/c1-3-16-14(12-13-8-6-5-7-9-13)15-17-10-11-18(15)4-2/h5-11,14,16H,3-4,12H2,1-2H3. The first kappa shape index (κ1) is 12.8. The third-order valence-electron chi connectivity index (χ3n) is 3.13. The van der Waals surface area contributed by atoms with Gasteiger partial charge in [-0.05, 0) is 25.5 Å². The van der Waals surface area contributed by atoms with Crippen LogP contribution in [-0.2, 0) is 13.0 Å². The van der Waals surface area contributed by atoms with Gasteiger partial charge in [-0.25, -0.2) is 4.98 Å². The Bertz CT molecular complexity index is 462.